The van der Waals surface area contributed by atoms with E-state index in [-0.39, 0.29) is 11.9 Å². The molecule has 0 fully saturated rings. The van der Waals surface area contributed by atoms with Crippen molar-refractivity contribution in [3.8, 4) is 0 Å². The fourth-order valence-electron chi connectivity index (χ4n) is 2.07. The fourth-order valence-corrected chi connectivity index (χ4v) is 2.78. The Hall–Kier alpha value is -1.23. The molecule has 4 heteroatoms. The van der Waals surface area contributed by atoms with Crippen LogP contribution in [0, 0.1) is 5.82 Å². The zero-order valence-corrected chi connectivity index (χ0v) is 11.2. The Balaban J connectivity index is 2.08. The van der Waals surface area contributed by atoms with Gasteiger partial charge in [-0.3, -0.25) is 4.90 Å². The summed E-state index contributed by atoms with van der Waals surface area (Å²) in [5.74, 6) is -0.194. The van der Waals surface area contributed by atoms with Crippen LogP contribution >= 0.6 is 11.3 Å². The highest BCUT2D eigenvalue weighted by Crippen LogP contribution is 2.22. The molecule has 18 heavy (non-hydrogen) atoms. The SMILES string of the molecule is CN(Cc1cccc(F)c1)C(CN)c1ccsc1. The molecule has 0 amide bonds. The molecule has 0 aliphatic rings. The Morgan fingerprint density at radius 3 is 2.83 bits per heavy atom. The van der Waals surface area contributed by atoms with Gasteiger partial charge < -0.3 is 5.73 Å². The van der Waals surface area contributed by atoms with Gasteiger partial charge in [0, 0.05) is 19.1 Å². The third-order valence-corrected chi connectivity index (χ3v) is 3.71. The van der Waals surface area contributed by atoms with Crippen LogP contribution in [0.3, 0.4) is 0 Å². The molecule has 0 spiro atoms. The van der Waals surface area contributed by atoms with E-state index in [1.54, 1.807) is 23.5 Å². The van der Waals surface area contributed by atoms with Crippen LogP contribution in [0.5, 0.6) is 0 Å². The highest BCUT2D eigenvalue weighted by atomic mass is 32.1. The van der Waals surface area contributed by atoms with E-state index in [2.05, 4.69) is 16.3 Å². The van der Waals surface area contributed by atoms with Crippen molar-refractivity contribution in [3.63, 3.8) is 0 Å². The summed E-state index contributed by atoms with van der Waals surface area (Å²) in [6.45, 7) is 1.25. The molecule has 2 nitrogen and oxygen atoms in total. The molecule has 0 saturated heterocycles. The van der Waals surface area contributed by atoms with Crippen LogP contribution in [0.15, 0.2) is 41.1 Å². The van der Waals surface area contributed by atoms with Gasteiger partial charge >= 0.3 is 0 Å². The normalized spacial score (nSPS) is 12.9. The average Bonchev–Trinajstić information content (AvgIpc) is 2.83. The summed E-state index contributed by atoms with van der Waals surface area (Å²) in [6, 6.07) is 8.96. The van der Waals surface area contributed by atoms with Crippen molar-refractivity contribution in [3.05, 3.63) is 58.0 Å². The molecule has 2 N–H and O–H groups in total. The number of hydrogen-bond donors (Lipinski definition) is 1. The van der Waals surface area contributed by atoms with E-state index in [4.69, 9.17) is 5.73 Å². The zero-order valence-electron chi connectivity index (χ0n) is 10.3. The first-order chi connectivity index (χ1) is 8.70. The maximum atomic E-state index is 13.1. The molecule has 0 saturated carbocycles. The van der Waals surface area contributed by atoms with Crippen LogP contribution in [-0.2, 0) is 6.54 Å². The highest BCUT2D eigenvalue weighted by molar-refractivity contribution is 7.07. The molecule has 96 valence electrons. The monoisotopic (exact) mass is 264 g/mol. The van der Waals surface area contributed by atoms with Crippen LogP contribution in [-0.4, -0.2) is 18.5 Å². The van der Waals surface area contributed by atoms with Crippen LogP contribution in [0.4, 0.5) is 4.39 Å². The molecule has 1 aromatic heterocycles. The zero-order chi connectivity index (χ0) is 13.0. The second kappa shape index (κ2) is 6.09. The predicted octanol–water partition coefficient (Wildman–Crippen LogP) is 3.02. The summed E-state index contributed by atoms with van der Waals surface area (Å²) in [5, 5.41) is 4.16. The van der Waals surface area contributed by atoms with Crippen molar-refractivity contribution in [2.24, 2.45) is 5.73 Å². The molecule has 0 radical (unpaired) electrons. The maximum absolute atomic E-state index is 13.1. The van der Waals surface area contributed by atoms with Crippen LogP contribution in [0.2, 0.25) is 0 Å². The Bertz CT molecular complexity index is 484. The van der Waals surface area contributed by atoms with Gasteiger partial charge in [0.15, 0.2) is 0 Å². The van der Waals surface area contributed by atoms with Gasteiger partial charge in [-0.1, -0.05) is 12.1 Å². The first kappa shape index (κ1) is 13.2. The van der Waals surface area contributed by atoms with Crippen molar-refractivity contribution < 1.29 is 4.39 Å². The number of benzene rings is 1. The van der Waals surface area contributed by atoms with E-state index >= 15 is 0 Å². The number of nitrogens with zero attached hydrogens (tertiary/aromatic N) is 1. The van der Waals surface area contributed by atoms with Gasteiger partial charge in [-0.05, 0) is 47.1 Å². The van der Waals surface area contributed by atoms with Crippen molar-refractivity contribution in [1.29, 1.82) is 0 Å². The quantitative estimate of drug-likeness (QED) is 0.899. The first-order valence-corrected chi connectivity index (χ1v) is 6.82. The number of nitrogens with two attached hydrogens (primary N) is 1. The lowest BCUT2D eigenvalue weighted by Crippen LogP contribution is -2.29. The van der Waals surface area contributed by atoms with Crippen molar-refractivity contribution in [2.45, 2.75) is 12.6 Å². The van der Waals surface area contributed by atoms with E-state index < -0.39 is 0 Å². The fraction of sp³-hybridized carbons (Fsp3) is 0.286. The van der Waals surface area contributed by atoms with Crippen molar-refractivity contribution in [1.82, 2.24) is 4.90 Å². The lowest BCUT2D eigenvalue weighted by molar-refractivity contribution is 0.242. The third-order valence-electron chi connectivity index (χ3n) is 3.00. The summed E-state index contributed by atoms with van der Waals surface area (Å²) >= 11 is 1.67. The molecule has 2 rings (SSSR count). The predicted molar refractivity (Wildman–Crippen MR) is 74.0 cm³/mol. The van der Waals surface area contributed by atoms with Crippen LogP contribution < -0.4 is 5.73 Å². The number of rotatable bonds is 5. The minimum Gasteiger partial charge on any atom is -0.329 e. The highest BCUT2D eigenvalue weighted by Gasteiger charge is 2.16. The summed E-state index contributed by atoms with van der Waals surface area (Å²) in [6.07, 6.45) is 0. The molecular weight excluding hydrogens is 247 g/mol. The number of halogens is 1. The Labute approximate surface area is 111 Å². The number of thiophene rings is 1. The Morgan fingerprint density at radius 2 is 2.22 bits per heavy atom. The topological polar surface area (TPSA) is 29.3 Å². The maximum Gasteiger partial charge on any atom is 0.123 e. The lowest BCUT2D eigenvalue weighted by Gasteiger charge is -2.26. The molecule has 2 aromatic rings. The van der Waals surface area contributed by atoms with E-state index in [1.165, 1.54) is 11.6 Å². The summed E-state index contributed by atoms with van der Waals surface area (Å²) in [5.41, 5.74) is 8.02. The minimum absolute atomic E-state index is 0.180. The van der Waals surface area contributed by atoms with Gasteiger partial charge in [0.2, 0.25) is 0 Å². The molecule has 0 aliphatic heterocycles. The average molecular weight is 264 g/mol. The van der Waals surface area contributed by atoms with Crippen molar-refractivity contribution >= 4 is 11.3 Å². The van der Waals surface area contributed by atoms with E-state index in [1.807, 2.05) is 18.5 Å². The molecule has 1 heterocycles. The lowest BCUT2D eigenvalue weighted by atomic mass is 10.1. The third kappa shape index (κ3) is 3.16. The molecule has 0 aliphatic carbocycles. The summed E-state index contributed by atoms with van der Waals surface area (Å²) in [4.78, 5) is 2.15. The van der Waals surface area contributed by atoms with Gasteiger partial charge in [-0.2, -0.15) is 11.3 Å². The standard InChI is InChI=1S/C14H17FN2S/c1-17(9-11-3-2-4-13(15)7-11)14(8-16)12-5-6-18-10-12/h2-7,10,14H,8-9,16H2,1H3. The van der Waals surface area contributed by atoms with Gasteiger partial charge in [0.05, 0.1) is 0 Å². The number of likely N-dealkylation sites (N-methyl/N-ethyl adjacent to an activating group) is 1. The second-order valence-electron chi connectivity index (χ2n) is 4.35. The van der Waals surface area contributed by atoms with Gasteiger partial charge in [0.1, 0.15) is 5.82 Å². The largest absolute Gasteiger partial charge is 0.329 e. The minimum atomic E-state index is -0.194. The van der Waals surface area contributed by atoms with E-state index in [0.29, 0.717) is 13.1 Å². The van der Waals surface area contributed by atoms with E-state index in [9.17, 15) is 4.39 Å². The Morgan fingerprint density at radius 1 is 1.39 bits per heavy atom. The number of hydrogen-bond acceptors (Lipinski definition) is 3. The Kier molecular flexibility index (Phi) is 4.47. The molecule has 0 bridgehead atoms. The first-order valence-electron chi connectivity index (χ1n) is 5.87. The van der Waals surface area contributed by atoms with Crippen LogP contribution in [0.1, 0.15) is 17.2 Å². The summed E-state index contributed by atoms with van der Waals surface area (Å²) < 4.78 is 13.1. The van der Waals surface area contributed by atoms with Crippen LogP contribution in [0.25, 0.3) is 0 Å². The molecule has 1 aromatic carbocycles. The molecule has 1 unspecified atom stereocenters. The smallest absolute Gasteiger partial charge is 0.123 e. The van der Waals surface area contributed by atoms with E-state index in [0.717, 1.165) is 5.56 Å². The van der Waals surface area contributed by atoms with Gasteiger partial charge in [0.25, 0.3) is 0 Å². The van der Waals surface area contributed by atoms with Crippen molar-refractivity contribution in [2.75, 3.05) is 13.6 Å². The van der Waals surface area contributed by atoms with Gasteiger partial charge in [-0.25, -0.2) is 4.39 Å². The van der Waals surface area contributed by atoms with Gasteiger partial charge in [-0.15, -0.1) is 0 Å². The molecular formula is C14H17FN2S. The summed E-state index contributed by atoms with van der Waals surface area (Å²) in [7, 11) is 2.01. The molecule has 1 atom stereocenters. The second-order valence-corrected chi connectivity index (χ2v) is 5.13.